The molecule has 0 saturated carbocycles. The molecule has 0 saturated heterocycles. The molecule has 2 N–H and O–H groups in total. The van der Waals surface area contributed by atoms with E-state index in [0.717, 1.165) is 5.56 Å². The van der Waals surface area contributed by atoms with Crippen molar-refractivity contribution in [2.24, 2.45) is 0 Å². The number of carbonyl (C=O) groups is 1. The SMILES string of the molecule is O=C(O)c1n[nH]nc1Cc1ccccc1Cl. The zero-order valence-corrected chi connectivity index (χ0v) is 8.90. The van der Waals surface area contributed by atoms with Crippen LogP contribution in [-0.2, 0) is 6.42 Å². The molecule has 0 aliphatic carbocycles. The van der Waals surface area contributed by atoms with Crippen LogP contribution in [0, 0.1) is 0 Å². The quantitative estimate of drug-likeness (QED) is 0.852. The Morgan fingerprint density at radius 1 is 1.38 bits per heavy atom. The molecule has 0 fully saturated rings. The van der Waals surface area contributed by atoms with E-state index in [1.165, 1.54) is 0 Å². The normalized spacial score (nSPS) is 10.3. The Morgan fingerprint density at radius 3 is 2.81 bits per heavy atom. The monoisotopic (exact) mass is 237 g/mol. The van der Waals surface area contributed by atoms with Crippen molar-refractivity contribution in [3.05, 3.63) is 46.2 Å². The van der Waals surface area contributed by atoms with E-state index in [0.29, 0.717) is 17.1 Å². The van der Waals surface area contributed by atoms with E-state index in [-0.39, 0.29) is 5.69 Å². The molecule has 82 valence electrons. The summed E-state index contributed by atoms with van der Waals surface area (Å²) in [5.41, 5.74) is 1.13. The van der Waals surface area contributed by atoms with Gasteiger partial charge in [0.05, 0.1) is 0 Å². The second-order valence-electron chi connectivity index (χ2n) is 3.19. The van der Waals surface area contributed by atoms with Crippen LogP contribution < -0.4 is 0 Å². The maximum Gasteiger partial charge on any atom is 0.358 e. The molecule has 5 nitrogen and oxygen atoms in total. The van der Waals surface area contributed by atoms with Crippen LogP contribution in [-0.4, -0.2) is 26.5 Å². The molecule has 1 heterocycles. The summed E-state index contributed by atoms with van der Waals surface area (Å²) in [6, 6.07) is 7.22. The Kier molecular flexibility index (Phi) is 2.87. The van der Waals surface area contributed by atoms with Crippen LogP contribution in [0.25, 0.3) is 0 Å². The van der Waals surface area contributed by atoms with Crippen molar-refractivity contribution in [1.29, 1.82) is 0 Å². The van der Waals surface area contributed by atoms with Gasteiger partial charge in [-0.3, -0.25) is 0 Å². The Morgan fingerprint density at radius 2 is 2.12 bits per heavy atom. The van der Waals surface area contributed by atoms with E-state index in [1.54, 1.807) is 6.07 Å². The molecule has 0 aliphatic heterocycles. The van der Waals surface area contributed by atoms with E-state index >= 15 is 0 Å². The lowest BCUT2D eigenvalue weighted by atomic mass is 10.1. The van der Waals surface area contributed by atoms with Crippen molar-refractivity contribution in [1.82, 2.24) is 15.4 Å². The first kappa shape index (κ1) is 10.6. The first-order valence-electron chi connectivity index (χ1n) is 4.55. The first-order chi connectivity index (χ1) is 7.68. The fourth-order valence-corrected chi connectivity index (χ4v) is 1.57. The number of nitrogens with zero attached hydrogens (tertiary/aromatic N) is 2. The summed E-state index contributed by atoms with van der Waals surface area (Å²) in [6.45, 7) is 0. The van der Waals surface area contributed by atoms with Gasteiger partial charge in [0.1, 0.15) is 5.69 Å². The molecule has 0 spiro atoms. The van der Waals surface area contributed by atoms with Gasteiger partial charge in [-0.2, -0.15) is 10.3 Å². The second kappa shape index (κ2) is 4.32. The highest BCUT2D eigenvalue weighted by atomic mass is 35.5. The molecule has 16 heavy (non-hydrogen) atoms. The Bertz CT molecular complexity index is 524. The van der Waals surface area contributed by atoms with Gasteiger partial charge in [-0.05, 0) is 11.6 Å². The van der Waals surface area contributed by atoms with E-state index in [4.69, 9.17) is 16.7 Å². The fraction of sp³-hybridized carbons (Fsp3) is 0.100. The van der Waals surface area contributed by atoms with Gasteiger partial charge in [0.2, 0.25) is 0 Å². The molecule has 0 aliphatic rings. The molecule has 0 atom stereocenters. The minimum atomic E-state index is -1.10. The van der Waals surface area contributed by atoms with Crippen LogP contribution >= 0.6 is 11.6 Å². The van der Waals surface area contributed by atoms with E-state index in [2.05, 4.69) is 15.4 Å². The van der Waals surface area contributed by atoms with E-state index < -0.39 is 5.97 Å². The molecular weight excluding hydrogens is 230 g/mol. The summed E-state index contributed by atoms with van der Waals surface area (Å²) >= 11 is 5.97. The molecule has 2 rings (SSSR count). The Balaban J connectivity index is 2.31. The predicted octanol–water partition coefficient (Wildman–Crippen LogP) is 1.75. The van der Waals surface area contributed by atoms with Crippen LogP contribution in [0.1, 0.15) is 21.7 Å². The molecule has 6 heteroatoms. The summed E-state index contributed by atoms with van der Waals surface area (Å²) in [5, 5.41) is 19.1. The van der Waals surface area contributed by atoms with Gasteiger partial charge in [0.15, 0.2) is 5.69 Å². The highest BCUT2D eigenvalue weighted by molar-refractivity contribution is 6.31. The lowest BCUT2D eigenvalue weighted by molar-refractivity contribution is 0.0689. The van der Waals surface area contributed by atoms with Crippen molar-refractivity contribution in [3.63, 3.8) is 0 Å². The molecule has 2 aromatic rings. The summed E-state index contributed by atoms with van der Waals surface area (Å²) in [4.78, 5) is 10.8. The van der Waals surface area contributed by atoms with Crippen LogP contribution in [0.2, 0.25) is 5.02 Å². The van der Waals surface area contributed by atoms with E-state index in [9.17, 15) is 4.79 Å². The van der Waals surface area contributed by atoms with E-state index in [1.807, 2.05) is 18.2 Å². The third-order valence-electron chi connectivity index (χ3n) is 2.14. The van der Waals surface area contributed by atoms with Gasteiger partial charge in [-0.25, -0.2) is 4.79 Å². The lowest BCUT2D eigenvalue weighted by Crippen LogP contribution is -2.02. The van der Waals surface area contributed by atoms with Gasteiger partial charge in [0, 0.05) is 11.4 Å². The number of hydrogen-bond donors (Lipinski definition) is 2. The standard InChI is InChI=1S/C10H8ClN3O2/c11-7-4-2-1-3-6(7)5-8-9(10(15)16)13-14-12-8/h1-4H,5H2,(H,15,16)(H,12,13,14). The number of aromatic nitrogens is 3. The van der Waals surface area contributed by atoms with Gasteiger partial charge < -0.3 is 5.11 Å². The zero-order valence-electron chi connectivity index (χ0n) is 8.14. The average Bonchev–Trinajstić information content (AvgIpc) is 2.69. The number of aromatic amines is 1. The third kappa shape index (κ3) is 2.04. The van der Waals surface area contributed by atoms with Crippen LogP contribution in [0.15, 0.2) is 24.3 Å². The van der Waals surface area contributed by atoms with Crippen LogP contribution in [0.5, 0.6) is 0 Å². The molecule has 0 radical (unpaired) electrons. The molecule has 0 amide bonds. The number of halogens is 1. The molecular formula is C10H8ClN3O2. The number of carboxylic acid groups (broad SMARTS) is 1. The molecule has 0 unspecified atom stereocenters. The number of rotatable bonds is 3. The van der Waals surface area contributed by atoms with Crippen molar-refractivity contribution < 1.29 is 9.90 Å². The Labute approximate surface area is 96.1 Å². The van der Waals surface area contributed by atoms with Crippen molar-refractivity contribution >= 4 is 17.6 Å². The smallest absolute Gasteiger partial charge is 0.358 e. The van der Waals surface area contributed by atoms with Gasteiger partial charge in [-0.15, -0.1) is 5.10 Å². The highest BCUT2D eigenvalue weighted by Gasteiger charge is 2.15. The number of aromatic carboxylic acids is 1. The summed E-state index contributed by atoms with van der Waals surface area (Å²) < 4.78 is 0. The molecule has 1 aromatic carbocycles. The third-order valence-corrected chi connectivity index (χ3v) is 2.51. The highest BCUT2D eigenvalue weighted by Crippen LogP contribution is 2.18. The molecule has 1 aromatic heterocycles. The topological polar surface area (TPSA) is 78.9 Å². The Hall–Kier alpha value is -1.88. The fourth-order valence-electron chi connectivity index (χ4n) is 1.37. The first-order valence-corrected chi connectivity index (χ1v) is 4.92. The minimum absolute atomic E-state index is 0.0695. The predicted molar refractivity (Wildman–Crippen MR) is 57.6 cm³/mol. The van der Waals surface area contributed by atoms with Crippen molar-refractivity contribution in [3.8, 4) is 0 Å². The number of hydrogen-bond acceptors (Lipinski definition) is 3. The zero-order chi connectivity index (χ0) is 11.5. The van der Waals surface area contributed by atoms with Gasteiger partial charge in [0.25, 0.3) is 0 Å². The lowest BCUT2D eigenvalue weighted by Gasteiger charge is -2.01. The summed E-state index contributed by atoms with van der Waals surface area (Å²) in [6.07, 6.45) is 0.345. The average molecular weight is 238 g/mol. The maximum absolute atomic E-state index is 10.8. The maximum atomic E-state index is 10.8. The van der Waals surface area contributed by atoms with Crippen molar-refractivity contribution in [2.45, 2.75) is 6.42 Å². The number of carboxylic acids is 1. The van der Waals surface area contributed by atoms with Crippen LogP contribution in [0.3, 0.4) is 0 Å². The van der Waals surface area contributed by atoms with Crippen LogP contribution in [0.4, 0.5) is 0 Å². The van der Waals surface area contributed by atoms with Gasteiger partial charge >= 0.3 is 5.97 Å². The number of benzene rings is 1. The summed E-state index contributed by atoms with van der Waals surface area (Å²) in [5.74, 6) is -1.10. The van der Waals surface area contributed by atoms with Gasteiger partial charge in [-0.1, -0.05) is 29.8 Å². The minimum Gasteiger partial charge on any atom is -0.476 e. The summed E-state index contributed by atoms with van der Waals surface area (Å²) in [7, 11) is 0. The van der Waals surface area contributed by atoms with Crippen molar-refractivity contribution in [2.75, 3.05) is 0 Å². The number of nitrogens with one attached hydrogen (secondary N) is 1. The molecule has 0 bridgehead atoms. The number of H-pyrrole nitrogens is 1. The second-order valence-corrected chi connectivity index (χ2v) is 3.60. The largest absolute Gasteiger partial charge is 0.476 e.